The Labute approximate surface area is 113 Å². The molecule has 0 radical (unpaired) electrons. The summed E-state index contributed by atoms with van der Waals surface area (Å²) in [5.41, 5.74) is 1.47. The van der Waals surface area contributed by atoms with Gasteiger partial charge in [-0.15, -0.1) is 0 Å². The molecular weight excluding hydrogens is 248 g/mol. The molecule has 96 valence electrons. The zero-order valence-electron chi connectivity index (χ0n) is 10.4. The van der Waals surface area contributed by atoms with Crippen LogP contribution in [0.2, 0.25) is 5.02 Å². The van der Waals surface area contributed by atoms with Gasteiger partial charge in [0.2, 0.25) is 0 Å². The third-order valence-electron chi connectivity index (χ3n) is 3.28. The molecule has 3 nitrogen and oxygen atoms in total. The summed E-state index contributed by atoms with van der Waals surface area (Å²) in [6, 6.07) is 7.79. The Morgan fingerprint density at radius 3 is 3.11 bits per heavy atom. The Hall–Kier alpha value is -1.24. The summed E-state index contributed by atoms with van der Waals surface area (Å²) in [6.45, 7) is 2.92. The van der Waals surface area contributed by atoms with Gasteiger partial charge in [-0.25, -0.2) is 0 Å². The lowest BCUT2D eigenvalue weighted by Gasteiger charge is -2.30. The maximum absolute atomic E-state index is 8.90. The fraction of sp³-hybridized carbons (Fsp3) is 0.500. The predicted octanol–water partition coefficient (Wildman–Crippen LogP) is 3.58. The molecule has 0 aromatic heterocycles. The van der Waals surface area contributed by atoms with Crippen molar-refractivity contribution in [2.24, 2.45) is 0 Å². The van der Waals surface area contributed by atoms with Gasteiger partial charge in [-0.2, -0.15) is 5.26 Å². The molecule has 1 heterocycles. The minimum Gasteiger partial charge on any atom is -0.381 e. The molecular formula is C14H17ClN2O. The van der Waals surface area contributed by atoms with E-state index in [-0.39, 0.29) is 0 Å². The molecule has 1 fully saturated rings. The van der Waals surface area contributed by atoms with E-state index >= 15 is 0 Å². The van der Waals surface area contributed by atoms with E-state index in [1.165, 1.54) is 0 Å². The Bertz CT molecular complexity index is 456. The average molecular weight is 265 g/mol. The van der Waals surface area contributed by atoms with Crippen molar-refractivity contribution in [2.45, 2.75) is 38.3 Å². The zero-order valence-corrected chi connectivity index (χ0v) is 11.2. The van der Waals surface area contributed by atoms with Gasteiger partial charge in [-0.3, -0.25) is 0 Å². The lowest BCUT2D eigenvalue weighted by Crippen LogP contribution is -2.33. The number of hydrogen-bond donors (Lipinski definition) is 1. The summed E-state index contributed by atoms with van der Waals surface area (Å²) in [5.74, 6) is 0. The molecule has 1 N–H and O–H groups in total. The summed E-state index contributed by atoms with van der Waals surface area (Å²) in [5, 5.41) is 13.0. The number of nitrogens with one attached hydrogen (secondary N) is 1. The van der Waals surface area contributed by atoms with Gasteiger partial charge in [0.1, 0.15) is 0 Å². The van der Waals surface area contributed by atoms with Crippen LogP contribution < -0.4 is 5.32 Å². The highest BCUT2D eigenvalue weighted by Gasteiger charge is 2.21. The highest BCUT2D eigenvalue weighted by molar-refractivity contribution is 6.33. The monoisotopic (exact) mass is 264 g/mol. The smallest absolute Gasteiger partial charge is 0.0992 e. The number of anilines is 1. The molecule has 2 atom stereocenters. The molecule has 0 saturated carbocycles. The zero-order chi connectivity index (χ0) is 13.0. The van der Waals surface area contributed by atoms with Crippen molar-refractivity contribution in [1.29, 1.82) is 5.26 Å². The van der Waals surface area contributed by atoms with Crippen molar-refractivity contribution in [3.05, 3.63) is 28.8 Å². The maximum Gasteiger partial charge on any atom is 0.0992 e. The second kappa shape index (κ2) is 6.08. The van der Waals surface area contributed by atoms with Gasteiger partial charge in [0.05, 0.1) is 28.4 Å². The molecule has 18 heavy (non-hydrogen) atoms. The highest BCUT2D eigenvalue weighted by atomic mass is 35.5. The van der Waals surface area contributed by atoms with E-state index in [2.05, 4.69) is 18.3 Å². The van der Waals surface area contributed by atoms with Gasteiger partial charge in [0.15, 0.2) is 0 Å². The van der Waals surface area contributed by atoms with Gasteiger partial charge in [0.25, 0.3) is 0 Å². The van der Waals surface area contributed by atoms with Crippen LogP contribution in [0.15, 0.2) is 18.2 Å². The maximum atomic E-state index is 8.90. The fourth-order valence-electron chi connectivity index (χ4n) is 2.22. The van der Waals surface area contributed by atoms with E-state index in [1.54, 1.807) is 18.2 Å². The minimum atomic E-state index is 0.328. The van der Waals surface area contributed by atoms with Crippen LogP contribution in [0, 0.1) is 11.3 Å². The van der Waals surface area contributed by atoms with Crippen molar-refractivity contribution in [2.75, 3.05) is 11.9 Å². The second-order valence-corrected chi connectivity index (χ2v) is 4.98. The summed E-state index contributed by atoms with van der Waals surface area (Å²) in [6.07, 6.45) is 3.33. The van der Waals surface area contributed by atoms with Crippen molar-refractivity contribution >= 4 is 17.3 Å². The lowest BCUT2D eigenvalue weighted by molar-refractivity contribution is 0.00926. The first kappa shape index (κ1) is 13.2. The third kappa shape index (κ3) is 3.16. The van der Waals surface area contributed by atoms with E-state index in [4.69, 9.17) is 21.6 Å². The number of nitriles is 1. The Balaban J connectivity index is 2.07. The molecule has 4 heteroatoms. The molecule has 2 rings (SSSR count). The van der Waals surface area contributed by atoms with Crippen LogP contribution in [-0.2, 0) is 4.74 Å². The van der Waals surface area contributed by atoms with Gasteiger partial charge < -0.3 is 10.1 Å². The molecule has 1 saturated heterocycles. The van der Waals surface area contributed by atoms with Crippen molar-refractivity contribution in [1.82, 2.24) is 0 Å². The topological polar surface area (TPSA) is 45.0 Å². The van der Waals surface area contributed by atoms with Gasteiger partial charge in [0, 0.05) is 12.6 Å². The Kier molecular flexibility index (Phi) is 4.46. The van der Waals surface area contributed by atoms with E-state index in [0.29, 0.717) is 22.7 Å². The van der Waals surface area contributed by atoms with Crippen molar-refractivity contribution < 1.29 is 4.74 Å². The summed E-state index contributed by atoms with van der Waals surface area (Å²) < 4.78 is 5.64. The first-order chi connectivity index (χ1) is 8.72. The second-order valence-electron chi connectivity index (χ2n) is 4.57. The molecule has 1 aliphatic heterocycles. The van der Waals surface area contributed by atoms with Crippen LogP contribution in [0.5, 0.6) is 0 Å². The number of rotatable bonds is 3. The summed E-state index contributed by atoms with van der Waals surface area (Å²) in [4.78, 5) is 0. The molecule has 1 aliphatic rings. The standard InChI is InChI=1S/C14H17ClN2O/c1-2-12-8-11(5-6-18-12)17-14-7-10(9-16)3-4-13(14)15/h3-4,7,11-12,17H,2,5-6,8H2,1H3. The summed E-state index contributed by atoms with van der Waals surface area (Å²) in [7, 11) is 0. The predicted molar refractivity (Wildman–Crippen MR) is 72.8 cm³/mol. The van der Waals surface area contributed by atoms with Crippen LogP contribution >= 0.6 is 11.6 Å². The van der Waals surface area contributed by atoms with E-state index in [0.717, 1.165) is 31.6 Å². The van der Waals surface area contributed by atoms with Crippen molar-refractivity contribution in [3.63, 3.8) is 0 Å². The first-order valence-corrected chi connectivity index (χ1v) is 6.68. The van der Waals surface area contributed by atoms with E-state index < -0.39 is 0 Å². The third-order valence-corrected chi connectivity index (χ3v) is 3.61. The molecule has 2 unspecified atom stereocenters. The van der Waals surface area contributed by atoms with Gasteiger partial charge in [-0.1, -0.05) is 18.5 Å². The number of halogens is 1. The number of benzene rings is 1. The number of ether oxygens (including phenoxy) is 1. The van der Waals surface area contributed by atoms with Crippen LogP contribution in [-0.4, -0.2) is 18.8 Å². The first-order valence-electron chi connectivity index (χ1n) is 6.30. The van der Waals surface area contributed by atoms with E-state index in [1.807, 2.05) is 0 Å². The Morgan fingerprint density at radius 1 is 1.56 bits per heavy atom. The fourth-order valence-corrected chi connectivity index (χ4v) is 2.39. The number of nitrogens with zero attached hydrogens (tertiary/aromatic N) is 1. The molecule has 0 aliphatic carbocycles. The van der Waals surface area contributed by atoms with Gasteiger partial charge in [-0.05, 0) is 37.5 Å². The SMILES string of the molecule is CCC1CC(Nc2cc(C#N)ccc2Cl)CCO1. The normalized spacial score (nSPS) is 23.4. The summed E-state index contributed by atoms with van der Waals surface area (Å²) >= 11 is 6.14. The van der Waals surface area contributed by atoms with Crippen molar-refractivity contribution in [3.8, 4) is 6.07 Å². The molecule has 1 aromatic carbocycles. The average Bonchev–Trinajstić information content (AvgIpc) is 2.41. The quantitative estimate of drug-likeness (QED) is 0.908. The molecule has 0 spiro atoms. The highest BCUT2D eigenvalue weighted by Crippen LogP contribution is 2.26. The van der Waals surface area contributed by atoms with Crippen LogP contribution in [0.3, 0.4) is 0 Å². The van der Waals surface area contributed by atoms with Gasteiger partial charge >= 0.3 is 0 Å². The van der Waals surface area contributed by atoms with Crippen LogP contribution in [0.1, 0.15) is 31.7 Å². The number of hydrogen-bond acceptors (Lipinski definition) is 3. The lowest BCUT2D eigenvalue weighted by atomic mass is 10.0. The Morgan fingerprint density at radius 2 is 2.39 bits per heavy atom. The largest absolute Gasteiger partial charge is 0.381 e. The molecule has 1 aromatic rings. The van der Waals surface area contributed by atoms with E-state index in [9.17, 15) is 0 Å². The van der Waals surface area contributed by atoms with Crippen LogP contribution in [0.4, 0.5) is 5.69 Å². The minimum absolute atomic E-state index is 0.328. The molecule has 0 amide bonds. The van der Waals surface area contributed by atoms with Crippen LogP contribution in [0.25, 0.3) is 0 Å². The molecule has 0 bridgehead atoms.